The minimum atomic E-state index is -4.53. The van der Waals surface area contributed by atoms with Crippen molar-refractivity contribution < 1.29 is 23.0 Å². The van der Waals surface area contributed by atoms with Gasteiger partial charge in [-0.15, -0.1) is 0 Å². The molecule has 0 spiro atoms. The van der Waals surface area contributed by atoms with Crippen molar-refractivity contribution in [3.63, 3.8) is 0 Å². The summed E-state index contributed by atoms with van der Waals surface area (Å²) in [5.41, 5.74) is 11.7. The lowest BCUT2D eigenvalue weighted by Crippen LogP contribution is -2.76. The molecule has 1 amide bonds. The van der Waals surface area contributed by atoms with Gasteiger partial charge in [0.25, 0.3) is 11.7 Å². The molecule has 2 aliphatic rings. The summed E-state index contributed by atoms with van der Waals surface area (Å²) in [4.78, 5) is 15.7. The van der Waals surface area contributed by atoms with Gasteiger partial charge in [-0.3, -0.25) is 15.5 Å². The first kappa shape index (κ1) is 22.5. The van der Waals surface area contributed by atoms with E-state index >= 15 is 0 Å². The SMILES string of the molecule is NC(=CC(N)=[NH+]CC1CCC(NC(=O)c2cc(C(F)(F)F)ccc2Cl)CC1)C1CC1. The highest BCUT2D eigenvalue weighted by Gasteiger charge is 2.32. The molecule has 0 unspecified atom stereocenters. The summed E-state index contributed by atoms with van der Waals surface area (Å²) in [6.45, 7) is 0.723. The average molecular weight is 444 g/mol. The quantitative estimate of drug-likeness (QED) is 0.401. The van der Waals surface area contributed by atoms with Gasteiger partial charge in [0.1, 0.15) is 0 Å². The highest BCUT2D eigenvalue weighted by molar-refractivity contribution is 6.33. The Kier molecular flexibility index (Phi) is 6.95. The maximum atomic E-state index is 12.9. The molecule has 9 heteroatoms. The molecule has 0 aromatic heterocycles. The molecule has 3 rings (SSSR count). The Labute approximate surface area is 178 Å². The molecule has 30 heavy (non-hydrogen) atoms. The molecular weight excluding hydrogens is 417 g/mol. The van der Waals surface area contributed by atoms with Crippen LogP contribution < -0.4 is 21.8 Å². The summed E-state index contributed by atoms with van der Waals surface area (Å²) in [7, 11) is 0. The van der Waals surface area contributed by atoms with Crippen LogP contribution in [0.15, 0.2) is 30.0 Å². The number of hydrogen-bond donors (Lipinski definition) is 4. The van der Waals surface area contributed by atoms with Crippen LogP contribution in [0.25, 0.3) is 0 Å². The van der Waals surface area contributed by atoms with Crippen LogP contribution in [0.4, 0.5) is 13.2 Å². The van der Waals surface area contributed by atoms with Crippen LogP contribution in [0.5, 0.6) is 0 Å². The van der Waals surface area contributed by atoms with Crippen molar-refractivity contribution in [2.24, 2.45) is 23.3 Å². The average Bonchev–Trinajstić information content (AvgIpc) is 3.52. The van der Waals surface area contributed by atoms with Gasteiger partial charge in [-0.2, -0.15) is 13.2 Å². The zero-order valence-corrected chi connectivity index (χ0v) is 17.3. The molecule has 2 aliphatic carbocycles. The van der Waals surface area contributed by atoms with Crippen molar-refractivity contribution in [3.8, 4) is 0 Å². The number of alkyl halides is 3. The van der Waals surface area contributed by atoms with Crippen LogP contribution in [-0.2, 0) is 6.18 Å². The molecule has 0 saturated heterocycles. The molecule has 1 aromatic carbocycles. The van der Waals surface area contributed by atoms with Crippen LogP contribution in [-0.4, -0.2) is 24.3 Å². The number of halogens is 4. The molecule has 2 fully saturated rings. The zero-order chi connectivity index (χ0) is 21.9. The van der Waals surface area contributed by atoms with Crippen LogP contribution in [0.2, 0.25) is 5.02 Å². The summed E-state index contributed by atoms with van der Waals surface area (Å²) in [6.07, 6.45) is 2.76. The fourth-order valence-corrected chi connectivity index (χ4v) is 3.88. The standard InChI is InChI=1S/C21H26ClF3N4O/c22-17-8-5-14(21(23,24)25)9-16(17)20(30)29-15-6-1-12(2-7-15)11-28-19(27)10-18(26)13-3-4-13/h5,8-10,12-13,15H,1-4,6-7,11,26H2,(H2,27,28)(H,29,30)/p+1. The predicted molar refractivity (Wildman–Crippen MR) is 110 cm³/mol. The van der Waals surface area contributed by atoms with E-state index in [1.165, 1.54) is 0 Å². The summed E-state index contributed by atoms with van der Waals surface area (Å²) in [5.74, 6) is 0.860. The summed E-state index contributed by atoms with van der Waals surface area (Å²) in [6, 6.07) is 2.68. The number of hydrogen-bond acceptors (Lipinski definition) is 2. The highest BCUT2D eigenvalue weighted by Crippen LogP contribution is 2.33. The largest absolute Gasteiger partial charge is 0.416 e. The van der Waals surface area contributed by atoms with Crippen LogP contribution in [0, 0.1) is 11.8 Å². The van der Waals surface area contributed by atoms with E-state index in [-0.39, 0.29) is 16.6 Å². The summed E-state index contributed by atoms with van der Waals surface area (Å²) < 4.78 is 38.7. The Hall–Kier alpha value is -2.22. The van der Waals surface area contributed by atoms with E-state index in [0.29, 0.717) is 17.7 Å². The fraction of sp³-hybridized carbons (Fsp3) is 0.524. The molecule has 164 valence electrons. The van der Waals surface area contributed by atoms with Crippen molar-refractivity contribution in [3.05, 3.63) is 46.1 Å². The van der Waals surface area contributed by atoms with E-state index in [1.54, 1.807) is 6.08 Å². The Balaban J connectivity index is 1.50. The molecule has 0 radical (unpaired) electrons. The number of amidine groups is 1. The maximum absolute atomic E-state index is 12.9. The van der Waals surface area contributed by atoms with E-state index in [0.717, 1.165) is 69.0 Å². The number of allylic oxidation sites excluding steroid dienone is 1. The third-order valence-corrected chi connectivity index (χ3v) is 6.02. The zero-order valence-electron chi connectivity index (χ0n) is 16.6. The van der Waals surface area contributed by atoms with Crippen molar-refractivity contribution >= 4 is 23.3 Å². The van der Waals surface area contributed by atoms with Gasteiger partial charge >= 0.3 is 6.18 Å². The van der Waals surface area contributed by atoms with Gasteiger partial charge in [-0.25, -0.2) is 0 Å². The smallest absolute Gasteiger partial charge is 0.402 e. The van der Waals surface area contributed by atoms with E-state index in [1.807, 2.05) is 0 Å². The first-order chi connectivity index (χ1) is 14.1. The van der Waals surface area contributed by atoms with Gasteiger partial charge in [0, 0.05) is 17.8 Å². The van der Waals surface area contributed by atoms with E-state index in [9.17, 15) is 18.0 Å². The molecule has 0 bridgehead atoms. The van der Waals surface area contributed by atoms with Crippen molar-refractivity contribution in [2.75, 3.05) is 6.54 Å². The minimum Gasteiger partial charge on any atom is -0.402 e. The minimum absolute atomic E-state index is 0.00271. The fourth-order valence-electron chi connectivity index (χ4n) is 3.68. The molecule has 0 aliphatic heterocycles. The van der Waals surface area contributed by atoms with Gasteiger partial charge in [0.2, 0.25) is 0 Å². The summed E-state index contributed by atoms with van der Waals surface area (Å²) >= 11 is 5.95. The molecule has 5 nitrogen and oxygen atoms in total. The molecule has 2 saturated carbocycles. The predicted octanol–water partition coefficient (Wildman–Crippen LogP) is 2.34. The van der Waals surface area contributed by atoms with E-state index in [2.05, 4.69) is 10.3 Å². The lowest BCUT2D eigenvalue weighted by molar-refractivity contribution is -0.467. The van der Waals surface area contributed by atoms with E-state index in [4.69, 9.17) is 23.1 Å². The molecule has 1 aromatic rings. The third kappa shape index (κ3) is 6.14. The number of rotatable bonds is 6. The van der Waals surface area contributed by atoms with Gasteiger partial charge in [0.15, 0.2) is 0 Å². The van der Waals surface area contributed by atoms with Crippen LogP contribution in [0.3, 0.4) is 0 Å². The summed E-state index contributed by atoms with van der Waals surface area (Å²) in [5, 5.41) is 2.82. The third-order valence-electron chi connectivity index (χ3n) is 5.69. The Bertz CT molecular complexity index is 841. The molecule has 0 heterocycles. The second-order valence-corrected chi connectivity index (χ2v) is 8.55. The lowest BCUT2D eigenvalue weighted by atomic mass is 9.86. The number of benzene rings is 1. The second-order valence-electron chi connectivity index (χ2n) is 8.14. The van der Waals surface area contributed by atoms with Crippen molar-refractivity contribution in [1.29, 1.82) is 0 Å². The molecular formula is C21H27ClF3N4O+. The monoisotopic (exact) mass is 443 g/mol. The Morgan fingerprint density at radius 3 is 2.43 bits per heavy atom. The van der Waals surface area contributed by atoms with Crippen molar-refractivity contribution in [1.82, 2.24) is 5.32 Å². The number of amides is 1. The normalized spacial score (nSPS) is 23.3. The topological polar surface area (TPSA) is 95.1 Å². The Morgan fingerprint density at radius 1 is 1.17 bits per heavy atom. The lowest BCUT2D eigenvalue weighted by Gasteiger charge is -2.28. The number of nitrogens with two attached hydrogens (primary N) is 2. The first-order valence-corrected chi connectivity index (χ1v) is 10.5. The van der Waals surface area contributed by atoms with Gasteiger partial charge in [0.05, 0.1) is 22.7 Å². The Morgan fingerprint density at radius 2 is 1.83 bits per heavy atom. The van der Waals surface area contributed by atoms with Gasteiger partial charge < -0.3 is 11.1 Å². The van der Waals surface area contributed by atoms with E-state index < -0.39 is 17.6 Å². The first-order valence-electron chi connectivity index (χ1n) is 10.1. The second kappa shape index (κ2) is 9.29. The van der Waals surface area contributed by atoms with Crippen molar-refractivity contribution in [2.45, 2.75) is 50.7 Å². The number of nitrogens with one attached hydrogen (secondary N) is 2. The number of carbonyl (C=O) groups excluding carboxylic acids is 1. The van der Waals surface area contributed by atoms with Crippen LogP contribution in [0.1, 0.15) is 54.4 Å². The molecule has 6 N–H and O–H groups in total. The number of carbonyl (C=O) groups is 1. The van der Waals surface area contributed by atoms with Crippen LogP contribution >= 0.6 is 11.6 Å². The van der Waals surface area contributed by atoms with Gasteiger partial charge in [-0.05, 0) is 68.6 Å². The molecule has 0 atom stereocenters. The van der Waals surface area contributed by atoms with Gasteiger partial charge in [-0.1, -0.05) is 11.6 Å². The highest BCUT2D eigenvalue weighted by atomic mass is 35.5. The maximum Gasteiger partial charge on any atom is 0.416 e.